The van der Waals surface area contributed by atoms with Gasteiger partial charge in [0.2, 0.25) is 5.91 Å². The number of carbonyl (C=O) groups excluding carboxylic acids is 1. The van der Waals surface area contributed by atoms with Crippen LogP contribution in [0.2, 0.25) is 0 Å². The maximum atomic E-state index is 11.8. The predicted octanol–water partition coefficient (Wildman–Crippen LogP) is 3.96. The summed E-state index contributed by atoms with van der Waals surface area (Å²) in [5, 5.41) is 8.05. The van der Waals surface area contributed by atoms with Crippen LogP contribution in [0.4, 0.5) is 5.69 Å². The number of amides is 1. The van der Waals surface area contributed by atoms with E-state index >= 15 is 0 Å². The lowest BCUT2D eigenvalue weighted by molar-refractivity contribution is -0.115. The molecule has 3 rings (SSSR count). The first kappa shape index (κ1) is 15.0. The van der Waals surface area contributed by atoms with Crippen LogP contribution in [0.5, 0.6) is 0 Å². The van der Waals surface area contributed by atoms with Gasteiger partial charge in [0.15, 0.2) is 5.11 Å². The van der Waals surface area contributed by atoms with Crippen molar-refractivity contribution in [2.45, 2.75) is 0 Å². The Kier molecular flexibility index (Phi) is 4.49. The van der Waals surface area contributed by atoms with Gasteiger partial charge in [-0.1, -0.05) is 36.4 Å². The Bertz CT molecular complexity index is 864. The first-order valence-corrected chi connectivity index (χ1v) is 7.44. The van der Waals surface area contributed by atoms with E-state index in [-0.39, 0.29) is 11.0 Å². The number of carbonyl (C=O) groups is 1. The maximum absolute atomic E-state index is 11.8. The largest absolute Gasteiger partial charge is 0.465 e. The average Bonchev–Trinajstić information content (AvgIpc) is 3.07. The van der Waals surface area contributed by atoms with E-state index in [1.165, 1.54) is 6.08 Å². The van der Waals surface area contributed by atoms with E-state index in [0.717, 1.165) is 16.5 Å². The second kappa shape index (κ2) is 6.89. The number of rotatable bonds is 3. The van der Waals surface area contributed by atoms with Crippen LogP contribution in [-0.4, -0.2) is 11.0 Å². The van der Waals surface area contributed by atoms with Crippen LogP contribution in [0.25, 0.3) is 16.8 Å². The monoisotopic (exact) mass is 322 g/mol. The highest BCUT2D eigenvalue weighted by Gasteiger charge is 2.04. The highest BCUT2D eigenvalue weighted by atomic mass is 32.1. The number of benzene rings is 2. The molecule has 0 unspecified atom stereocenters. The number of hydrogen-bond acceptors (Lipinski definition) is 3. The Labute approximate surface area is 138 Å². The molecule has 0 aliphatic rings. The second-order valence-electron chi connectivity index (χ2n) is 4.82. The van der Waals surface area contributed by atoms with Gasteiger partial charge in [-0.2, -0.15) is 0 Å². The van der Waals surface area contributed by atoms with Crippen LogP contribution in [0.1, 0.15) is 5.76 Å². The van der Waals surface area contributed by atoms with Crippen molar-refractivity contribution < 1.29 is 9.21 Å². The van der Waals surface area contributed by atoms with Gasteiger partial charge in [-0.15, -0.1) is 0 Å². The first-order chi connectivity index (χ1) is 11.2. The van der Waals surface area contributed by atoms with E-state index in [2.05, 4.69) is 10.6 Å². The molecule has 0 radical (unpaired) electrons. The van der Waals surface area contributed by atoms with Crippen molar-refractivity contribution >= 4 is 45.8 Å². The zero-order chi connectivity index (χ0) is 16.1. The molecule has 23 heavy (non-hydrogen) atoms. The Hall–Kier alpha value is -2.92. The molecular weight excluding hydrogens is 308 g/mol. The van der Waals surface area contributed by atoms with E-state index in [1.807, 2.05) is 42.5 Å². The lowest BCUT2D eigenvalue weighted by Gasteiger charge is -2.10. The lowest BCUT2D eigenvalue weighted by atomic mass is 10.1. The first-order valence-electron chi connectivity index (χ1n) is 7.04. The van der Waals surface area contributed by atoms with Crippen molar-refractivity contribution in [3.8, 4) is 0 Å². The van der Waals surface area contributed by atoms with E-state index in [4.69, 9.17) is 16.6 Å². The highest BCUT2D eigenvalue weighted by Crippen LogP contribution is 2.22. The molecule has 5 heteroatoms. The van der Waals surface area contributed by atoms with Crippen molar-refractivity contribution in [1.82, 2.24) is 5.32 Å². The molecule has 0 saturated carbocycles. The van der Waals surface area contributed by atoms with Gasteiger partial charge in [0, 0.05) is 17.1 Å². The normalized spacial score (nSPS) is 10.8. The smallest absolute Gasteiger partial charge is 0.250 e. The predicted molar refractivity (Wildman–Crippen MR) is 96.1 cm³/mol. The summed E-state index contributed by atoms with van der Waals surface area (Å²) in [5.74, 6) is 0.284. The fraction of sp³-hybridized carbons (Fsp3) is 0. The molecule has 114 valence electrons. The van der Waals surface area contributed by atoms with Gasteiger partial charge in [-0.05, 0) is 41.9 Å². The minimum absolute atomic E-state index is 0.246. The number of furan rings is 1. The Morgan fingerprint density at radius 1 is 1.04 bits per heavy atom. The molecule has 1 heterocycles. The molecular formula is C18H14N2O2S. The fourth-order valence-corrected chi connectivity index (χ4v) is 2.40. The molecule has 0 atom stereocenters. The summed E-state index contributed by atoms with van der Waals surface area (Å²) in [5.41, 5.74) is 0.850. The van der Waals surface area contributed by atoms with E-state index < -0.39 is 0 Å². The standard InChI is InChI=1S/C18H14N2O2S/c21-17(11-10-14-7-4-12-22-14)20-18(23)19-16-9-3-6-13-5-1-2-8-15(13)16/h1-12H,(H2,19,20,21,23)/b11-10+. The third-order valence-electron chi connectivity index (χ3n) is 3.22. The van der Waals surface area contributed by atoms with Gasteiger partial charge in [0.05, 0.1) is 6.26 Å². The topological polar surface area (TPSA) is 54.3 Å². The van der Waals surface area contributed by atoms with Gasteiger partial charge in [0.1, 0.15) is 5.76 Å². The van der Waals surface area contributed by atoms with Crippen molar-refractivity contribution in [3.63, 3.8) is 0 Å². The lowest BCUT2D eigenvalue weighted by Crippen LogP contribution is -2.32. The summed E-state index contributed by atoms with van der Waals surface area (Å²) >= 11 is 5.19. The van der Waals surface area contributed by atoms with E-state index in [0.29, 0.717) is 5.76 Å². The van der Waals surface area contributed by atoms with Gasteiger partial charge < -0.3 is 9.73 Å². The van der Waals surface area contributed by atoms with Crippen LogP contribution in [-0.2, 0) is 4.79 Å². The summed E-state index contributed by atoms with van der Waals surface area (Å²) in [6.07, 6.45) is 4.50. The highest BCUT2D eigenvalue weighted by molar-refractivity contribution is 7.80. The maximum Gasteiger partial charge on any atom is 0.250 e. The number of anilines is 1. The quantitative estimate of drug-likeness (QED) is 0.566. The van der Waals surface area contributed by atoms with Gasteiger partial charge in [-0.3, -0.25) is 10.1 Å². The zero-order valence-corrected chi connectivity index (χ0v) is 13.0. The summed E-state index contributed by atoms with van der Waals surface area (Å²) < 4.78 is 5.12. The van der Waals surface area contributed by atoms with E-state index in [1.54, 1.807) is 24.5 Å². The second-order valence-corrected chi connectivity index (χ2v) is 5.23. The van der Waals surface area contributed by atoms with Crippen LogP contribution < -0.4 is 10.6 Å². The zero-order valence-electron chi connectivity index (χ0n) is 12.2. The van der Waals surface area contributed by atoms with Crippen molar-refractivity contribution in [2.24, 2.45) is 0 Å². The van der Waals surface area contributed by atoms with E-state index in [9.17, 15) is 4.79 Å². The number of thiocarbonyl (C=S) groups is 1. The van der Waals surface area contributed by atoms with Crippen molar-refractivity contribution in [3.05, 3.63) is 72.7 Å². The molecule has 1 amide bonds. The summed E-state index contributed by atoms with van der Waals surface area (Å²) in [6, 6.07) is 17.3. The third-order valence-corrected chi connectivity index (χ3v) is 3.42. The Morgan fingerprint density at radius 2 is 1.87 bits per heavy atom. The van der Waals surface area contributed by atoms with Crippen LogP contribution >= 0.6 is 12.2 Å². The van der Waals surface area contributed by atoms with Crippen molar-refractivity contribution in [2.75, 3.05) is 5.32 Å². The van der Waals surface area contributed by atoms with Gasteiger partial charge in [-0.25, -0.2) is 0 Å². The van der Waals surface area contributed by atoms with Gasteiger partial charge in [0.25, 0.3) is 0 Å². The molecule has 0 saturated heterocycles. The Balaban J connectivity index is 1.66. The molecule has 0 aliphatic heterocycles. The SMILES string of the molecule is O=C(/C=C/c1ccco1)NC(=S)Nc1cccc2ccccc12. The number of fused-ring (bicyclic) bond motifs is 1. The van der Waals surface area contributed by atoms with Gasteiger partial charge >= 0.3 is 0 Å². The van der Waals surface area contributed by atoms with Crippen LogP contribution in [0.15, 0.2) is 71.4 Å². The molecule has 2 N–H and O–H groups in total. The molecule has 1 aromatic heterocycles. The average molecular weight is 322 g/mol. The van der Waals surface area contributed by atoms with Crippen molar-refractivity contribution in [1.29, 1.82) is 0 Å². The fourth-order valence-electron chi connectivity index (χ4n) is 2.19. The number of nitrogens with one attached hydrogen (secondary N) is 2. The molecule has 0 spiro atoms. The minimum Gasteiger partial charge on any atom is -0.465 e. The molecule has 4 nitrogen and oxygen atoms in total. The molecule has 0 aliphatic carbocycles. The summed E-state index contributed by atoms with van der Waals surface area (Å²) in [4.78, 5) is 11.8. The number of hydrogen-bond donors (Lipinski definition) is 2. The van der Waals surface area contributed by atoms with Crippen LogP contribution in [0.3, 0.4) is 0 Å². The summed E-state index contributed by atoms with van der Waals surface area (Å²) in [6.45, 7) is 0. The molecule has 2 aromatic carbocycles. The van der Waals surface area contributed by atoms with Crippen LogP contribution in [0, 0.1) is 0 Å². The summed E-state index contributed by atoms with van der Waals surface area (Å²) in [7, 11) is 0. The third kappa shape index (κ3) is 3.84. The molecule has 0 bridgehead atoms. The molecule has 0 fully saturated rings. The minimum atomic E-state index is -0.320. The Morgan fingerprint density at radius 3 is 2.70 bits per heavy atom. The molecule has 3 aromatic rings.